The van der Waals surface area contributed by atoms with Gasteiger partial charge in [-0.15, -0.1) is 0 Å². The SMILES string of the molecule is CC1CCCCCN1c1c(Cl)cc([N+](=O)[O-])cc1C(=O)O. The van der Waals surface area contributed by atoms with Crippen molar-refractivity contribution in [1.82, 2.24) is 0 Å². The number of non-ortho nitro benzene ring substituents is 1. The highest BCUT2D eigenvalue weighted by atomic mass is 35.5. The third-order valence-corrected chi connectivity index (χ3v) is 4.12. The van der Waals surface area contributed by atoms with Crippen molar-refractivity contribution in [2.24, 2.45) is 0 Å². The molecule has 21 heavy (non-hydrogen) atoms. The number of rotatable bonds is 3. The summed E-state index contributed by atoms with van der Waals surface area (Å²) in [6.45, 7) is 2.73. The first kappa shape index (κ1) is 15.6. The van der Waals surface area contributed by atoms with Crippen LogP contribution in [0.1, 0.15) is 43.0 Å². The molecule has 1 atom stereocenters. The molecule has 7 heteroatoms. The van der Waals surface area contributed by atoms with Crippen LogP contribution >= 0.6 is 11.6 Å². The number of nitro benzene ring substituents is 1. The van der Waals surface area contributed by atoms with Crippen LogP contribution in [-0.4, -0.2) is 28.6 Å². The van der Waals surface area contributed by atoms with Crippen LogP contribution in [0.5, 0.6) is 0 Å². The number of nitrogens with zero attached hydrogens (tertiary/aromatic N) is 2. The third kappa shape index (κ3) is 3.26. The molecule has 1 heterocycles. The van der Waals surface area contributed by atoms with Gasteiger partial charge in [-0.2, -0.15) is 0 Å². The smallest absolute Gasteiger partial charge is 0.338 e. The Kier molecular flexibility index (Phi) is 4.67. The Morgan fingerprint density at radius 2 is 2.14 bits per heavy atom. The maximum atomic E-state index is 11.5. The van der Waals surface area contributed by atoms with E-state index in [1.54, 1.807) is 0 Å². The van der Waals surface area contributed by atoms with E-state index in [0.717, 1.165) is 31.7 Å². The van der Waals surface area contributed by atoms with E-state index in [1.807, 2.05) is 11.8 Å². The summed E-state index contributed by atoms with van der Waals surface area (Å²) >= 11 is 6.17. The van der Waals surface area contributed by atoms with E-state index in [1.165, 1.54) is 6.07 Å². The summed E-state index contributed by atoms with van der Waals surface area (Å²) < 4.78 is 0. The number of nitro groups is 1. The molecule has 0 saturated carbocycles. The third-order valence-electron chi connectivity index (χ3n) is 3.83. The van der Waals surface area contributed by atoms with Crippen molar-refractivity contribution in [1.29, 1.82) is 0 Å². The summed E-state index contributed by atoms with van der Waals surface area (Å²) in [6, 6.07) is 2.46. The zero-order valence-electron chi connectivity index (χ0n) is 11.7. The number of benzene rings is 1. The molecule has 2 rings (SSSR count). The molecule has 0 aromatic heterocycles. The number of anilines is 1. The van der Waals surface area contributed by atoms with Gasteiger partial charge in [0.05, 0.1) is 21.2 Å². The fraction of sp³-hybridized carbons (Fsp3) is 0.500. The number of carboxylic acid groups (broad SMARTS) is 1. The molecule has 6 nitrogen and oxygen atoms in total. The van der Waals surface area contributed by atoms with E-state index in [2.05, 4.69) is 0 Å². The predicted octanol–water partition coefficient (Wildman–Crippen LogP) is 3.72. The molecule has 0 radical (unpaired) electrons. The van der Waals surface area contributed by atoms with Gasteiger partial charge in [-0.05, 0) is 19.8 Å². The monoisotopic (exact) mass is 312 g/mol. The number of hydrogen-bond acceptors (Lipinski definition) is 4. The number of carbonyl (C=O) groups is 1. The van der Waals surface area contributed by atoms with Crippen molar-refractivity contribution in [2.45, 2.75) is 38.6 Å². The van der Waals surface area contributed by atoms with Gasteiger partial charge in [0.2, 0.25) is 0 Å². The lowest BCUT2D eigenvalue weighted by molar-refractivity contribution is -0.384. The molecular formula is C14H17ClN2O4. The summed E-state index contributed by atoms with van der Waals surface area (Å²) in [6.07, 6.45) is 4.08. The van der Waals surface area contributed by atoms with Gasteiger partial charge in [0, 0.05) is 24.7 Å². The number of carboxylic acids is 1. The van der Waals surface area contributed by atoms with Crippen molar-refractivity contribution >= 4 is 28.9 Å². The van der Waals surface area contributed by atoms with Gasteiger partial charge in [0.1, 0.15) is 0 Å². The number of hydrogen-bond donors (Lipinski definition) is 1. The first-order chi connectivity index (χ1) is 9.91. The predicted molar refractivity (Wildman–Crippen MR) is 80.3 cm³/mol. The highest BCUT2D eigenvalue weighted by Crippen LogP contribution is 2.37. The lowest BCUT2D eigenvalue weighted by Crippen LogP contribution is -2.34. The molecule has 0 bridgehead atoms. The minimum Gasteiger partial charge on any atom is -0.478 e. The zero-order valence-corrected chi connectivity index (χ0v) is 12.5. The Labute approximate surface area is 127 Å². The van der Waals surface area contributed by atoms with Crippen LogP contribution in [0.15, 0.2) is 12.1 Å². The molecule has 1 aromatic rings. The van der Waals surface area contributed by atoms with Gasteiger partial charge in [-0.3, -0.25) is 10.1 Å². The second-order valence-electron chi connectivity index (χ2n) is 5.28. The summed E-state index contributed by atoms with van der Waals surface area (Å²) in [5.41, 5.74) is -0.0178. The van der Waals surface area contributed by atoms with Gasteiger partial charge in [-0.25, -0.2) is 4.79 Å². The lowest BCUT2D eigenvalue weighted by Gasteiger charge is -2.31. The minimum atomic E-state index is -1.20. The van der Waals surface area contributed by atoms with Crippen LogP contribution in [0.4, 0.5) is 11.4 Å². The van der Waals surface area contributed by atoms with Crippen LogP contribution in [0.25, 0.3) is 0 Å². The molecule has 1 fully saturated rings. The summed E-state index contributed by atoms with van der Waals surface area (Å²) in [7, 11) is 0. The van der Waals surface area contributed by atoms with Crippen molar-refractivity contribution in [3.8, 4) is 0 Å². The van der Waals surface area contributed by atoms with Gasteiger partial charge >= 0.3 is 5.97 Å². The Morgan fingerprint density at radius 1 is 1.43 bits per heavy atom. The second-order valence-corrected chi connectivity index (χ2v) is 5.68. The van der Waals surface area contributed by atoms with Crippen LogP contribution in [0.3, 0.4) is 0 Å². The van der Waals surface area contributed by atoms with E-state index < -0.39 is 10.9 Å². The van der Waals surface area contributed by atoms with Crippen molar-refractivity contribution in [3.63, 3.8) is 0 Å². The summed E-state index contributed by atoms with van der Waals surface area (Å²) in [4.78, 5) is 23.7. The number of halogens is 1. The Balaban J connectivity index is 2.55. The number of aromatic carboxylic acids is 1. The zero-order chi connectivity index (χ0) is 15.6. The van der Waals surface area contributed by atoms with E-state index >= 15 is 0 Å². The molecule has 1 saturated heterocycles. The molecule has 1 N–H and O–H groups in total. The summed E-state index contributed by atoms with van der Waals surface area (Å²) in [5.74, 6) is -1.20. The Morgan fingerprint density at radius 3 is 2.76 bits per heavy atom. The first-order valence-corrected chi connectivity index (χ1v) is 7.27. The Bertz CT molecular complexity index is 576. The van der Waals surface area contributed by atoms with Crippen LogP contribution in [-0.2, 0) is 0 Å². The van der Waals surface area contributed by atoms with Crippen LogP contribution in [0, 0.1) is 10.1 Å². The van der Waals surface area contributed by atoms with Crippen LogP contribution < -0.4 is 4.90 Å². The van der Waals surface area contributed by atoms with Crippen molar-refractivity contribution in [2.75, 3.05) is 11.4 Å². The highest BCUT2D eigenvalue weighted by Gasteiger charge is 2.27. The maximum absolute atomic E-state index is 11.5. The molecule has 0 spiro atoms. The second kappa shape index (κ2) is 6.30. The van der Waals surface area contributed by atoms with Gasteiger partial charge < -0.3 is 10.0 Å². The molecule has 0 amide bonds. The molecule has 114 valence electrons. The largest absolute Gasteiger partial charge is 0.478 e. The average molecular weight is 313 g/mol. The van der Waals surface area contributed by atoms with E-state index in [4.69, 9.17) is 11.6 Å². The minimum absolute atomic E-state index is 0.108. The first-order valence-electron chi connectivity index (χ1n) is 6.89. The van der Waals surface area contributed by atoms with E-state index in [9.17, 15) is 20.0 Å². The van der Waals surface area contributed by atoms with E-state index in [0.29, 0.717) is 12.2 Å². The molecule has 1 aromatic carbocycles. The van der Waals surface area contributed by atoms with Crippen molar-refractivity contribution in [3.05, 3.63) is 32.8 Å². The van der Waals surface area contributed by atoms with Crippen molar-refractivity contribution < 1.29 is 14.8 Å². The lowest BCUT2D eigenvalue weighted by atomic mass is 10.1. The topological polar surface area (TPSA) is 83.7 Å². The molecule has 1 aliphatic rings. The molecule has 1 aliphatic heterocycles. The van der Waals surface area contributed by atoms with E-state index in [-0.39, 0.29) is 22.3 Å². The Hall–Kier alpha value is -1.82. The maximum Gasteiger partial charge on any atom is 0.338 e. The normalized spacial score (nSPS) is 19.1. The summed E-state index contributed by atoms with van der Waals surface area (Å²) in [5, 5.41) is 20.4. The fourth-order valence-corrected chi connectivity index (χ4v) is 3.07. The molecule has 1 unspecified atom stereocenters. The highest BCUT2D eigenvalue weighted by molar-refractivity contribution is 6.34. The fourth-order valence-electron chi connectivity index (χ4n) is 2.75. The van der Waals surface area contributed by atoms with Gasteiger partial charge in [0.25, 0.3) is 5.69 Å². The quantitative estimate of drug-likeness (QED) is 0.679. The average Bonchev–Trinajstić information content (AvgIpc) is 2.62. The van der Waals surface area contributed by atoms with Gasteiger partial charge in [0.15, 0.2) is 0 Å². The molecular weight excluding hydrogens is 296 g/mol. The standard InChI is InChI=1S/C14H17ClN2O4/c1-9-5-3-2-4-6-16(9)13-11(14(18)19)7-10(17(20)21)8-12(13)15/h7-9H,2-6H2,1H3,(H,18,19). The van der Waals surface area contributed by atoms with Gasteiger partial charge in [-0.1, -0.05) is 24.4 Å². The van der Waals surface area contributed by atoms with Crippen LogP contribution in [0.2, 0.25) is 5.02 Å². The molecule has 0 aliphatic carbocycles.